The summed E-state index contributed by atoms with van der Waals surface area (Å²) >= 11 is 0. The fraction of sp³-hybridized carbons (Fsp3) is 0.0833. The monoisotopic (exact) mass is 381 g/mol. The highest BCUT2D eigenvalue weighted by Crippen LogP contribution is 2.28. The number of amides is 1. The molecule has 142 valence electrons. The number of anilines is 1. The molecule has 5 nitrogen and oxygen atoms in total. The molecule has 0 fully saturated rings. The molecule has 1 aliphatic heterocycles. The smallest absolute Gasteiger partial charge is 0.276 e. The summed E-state index contributed by atoms with van der Waals surface area (Å²) in [6, 6.07) is 22.0. The second-order valence-corrected chi connectivity index (χ2v) is 6.92. The average molecular weight is 381 g/mol. The first-order chi connectivity index (χ1) is 14.0. The number of rotatable bonds is 4. The highest BCUT2D eigenvalue weighted by molar-refractivity contribution is 6.55. The van der Waals surface area contributed by atoms with Gasteiger partial charge < -0.3 is 5.32 Å². The van der Waals surface area contributed by atoms with Gasteiger partial charge in [0, 0.05) is 16.7 Å². The fourth-order valence-corrected chi connectivity index (χ4v) is 3.37. The molecule has 0 radical (unpaired) electrons. The van der Waals surface area contributed by atoms with Crippen LogP contribution in [-0.4, -0.2) is 23.1 Å². The molecule has 1 amide bonds. The Labute approximate surface area is 168 Å². The van der Waals surface area contributed by atoms with E-state index < -0.39 is 0 Å². The van der Waals surface area contributed by atoms with Gasteiger partial charge >= 0.3 is 0 Å². The second kappa shape index (κ2) is 7.64. The van der Waals surface area contributed by atoms with Gasteiger partial charge in [-0.05, 0) is 25.5 Å². The van der Waals surface area contributed by atoms with Gasteiger partial charge in [-0.1, -0.05) is 72.3 Å². The predicted octanol–water partition coefficient (Wildman–Crippen LogP) is 4.33. The van der Waals surface area contributed by atoms with Gasteiger partial charge in [0.25, 0.3) is 5.91 Å². The van der Waals surface area contributed by atoms with Crippen molar-refractivity contribution in [2.24, 2.45) is 10.2 Å². The molecule has 1 aliphatic rings. The van der Waals surface area contributed by atoms with Crippen molar-refractivity contribution in [2.45, 2.75) is 13.8 Å². The zero-order valence-electron chi connectivity index (χ0n) is 16.1. The van der Waals surface area contributed by atoms with Gasteiger partial charge in [-0.15, -0.1) is 10.2 Å². The number of nitrogens with one attached hydrogen (secondary N) is 1. The van der Waals surface area contributed by atoms with Crippen LogP contribution in [0.25, 0.3) is 0 Å². The molecule has 0 unspecified atom stereocenters. The maximum absolute atomic E-state index is 13.1. The lowest BCUT2D eigenvalue weighted by Crippen LogP contribution is -2.17. The Balaban J connectivity index is 1.83. The lowest BCUT2D eigenvalue weighted by atomic mass is 10.0. The van der Waals surface area contributed by atoms with E-state index in [9.17, 15) is 9.59 Å². The fourth-order valence-electron chi connectivity index (χ4n) is 3.37. The summed E-state index contributed by atoms with van der Waals surface area (Å²) in [4.78, 5) is 25.6. The molecule has 3 aromatic rings. The van der Waals surface area contributed by atoms with Crippen LogP contribution in [0.5, 0.6) is 0 Å². The summed E-state index contributed by atoms with van der Waals surface area (Å²) in [6.45, 7) is 3.90. The standard InChI is InChI=1S/C24H19N3O2/c1-15-13-16(2)20-19(14-15)22(24(29)25-20)27-26-21(17-9-5-3-6-10-17)23(28)18-11-7-4-8-12-18/h3-14H,1-2H3,(H,25,27,29)/b26-21+. The van der Waals surface area contributed by atoms with E-state index in [1.165, 1.54) is 0 Å². The van der Waals surface area contributed by atoms with E-state index in [2.05, 4.69) is 15.5 Å². The molecular formula is C24H19N3O2. The molecule has 4 rings (SSSR count). The van der Waals surface area contributed by atoms with Crippen molar-refractivity contribution in [3.05, 3.63) is 101 Å². The molecule has 0 atom stereocenters. The van der Waals surface area contributed by atoms with E-state index in [4.69, 9.17) is 0 Å². The number of nitrogens with zero attached hydrogens (tertiary/aromatic N) is 2. The van der Waals surface area contributed by atoms with Crippen molar-refractivity contribution in [3.8, 4) is 0 Å². The minimum absolute atomic E-state index is 0.190. The quantitative estimate of drug-likeness (QED) is 0.415. The number of carbonyl (C=O) groups is 2. The van der Waals surface area contributed by atoms with Gasteiger partial charge in [0.2, 0.25) is 5.78 Å². The summed E-state index contributed by atoms with van der Waals surface area (Å²) < 4.78 is 0. The molecule has 0 bridgehead atoms. The molecule has 3 aromatic carbocycles. The van der Waals surface area contributed by atoms with Gasteiger partial charge in [0.1, 0.15) is 5.71 Å². The molecule has 0 spiro atoms. The molecule has 5 heteroatoms. The maximum atomic E-state index is 13.1. The van der Waals surface area contributed by atoms with Crippen LogP contribution in [0, 0.1) is 13.8 Å². The van der Waals surface area contributed by atoms with Crippen LogP contribution in [0.1, 0.15) is 32.6 Å². The van der Waals surface area contributed by atoms with Crippen molar-refractivity contribution >= 4 is 28.8 Å². The van der Waals surface area contributed by atoms with Crippen LogP contribution in [0.3, 0.4) is 0 Å². The van der Waals surface area contributed by atoms with Crippen LogP contribution in [0.2, 0.25) is 0 Å². The Kier molecular flexibility index (Phi) is 4.87. The Bertz CT molecular complexity index is 1160. The largest absolute Gasteiger partial charge is 0.320 e. The zero-order chi connectivity index (χ0) is 20.4. The third-order valence-corrected chi connectivity index (χ3v) is 4.74. The maximum Gasteiger partial charge on any atom is 0.276 e. The summed E-state index contributed by atoms with van der Waals surface area (Å²) in [5.41, 5.74) is 4.99. The number of aryl methyl sites for hydroxylation is 2. The van der Waals surface area contributed by atoms with Gasteiger partial charge in [-0.25, -0.2) is 0 Å². The van der Waals surface area contributed by atoms with Gasteiger partial charge in [-0.2, -0.15) is 0 Å². The predicted molar refractivity (Wildman–Crippen MR) is 115 cm³/mol. The third kappa shape index (κ3) is 3.62. The molecule has 0 saturated heterocycles. The Morgan fingerprint density at radius 2 is 1.48 bits per heavy atom. The van der Waals surface area contributed by atoms with E-state index in [1.807, 2.05) is 50.2 Å². The third-order valence-electron chi connectivity index (χ3n) is 4.74. The summed E-state index contributed by atoms with van der Waals surface area (Å²) in [5, 5.41) is 11.3. The van der Waals surface area contributed by atoms with Crippen molar-refractivity contribution < 1.29 is 9.59 Å². The lowest BCUT2D eigenvalue weighted by Gasteiger charge is -2.05. The average Bonchev–Trinajstić information content (AvgIpc) is 3.05. The van der Waals surface area contributed by atoms with E-state index in [-0.39, 0.29) is 23.1 Å². The number of carbonyl (C=O) groups excluding carboxylic acids is 2. The van der Waals surface area contributed by atoms with Crippen molar-refractivity contribution in [3.63, 3.8) is 0 Å². The van der Waals surface area contributed by atoms with E-state index >= 15 is 0 Å². The Morgan fingerprint density at radius 1 is 0.862 bits per heavy atom. The SMILES string of the molecule is Cc1cc(C)c2c(c1)/C(=N\N=C(\C(=O)c1ccccc1)c1ccccc1)C(=O)N2. The number of hydrogen-bond donors (Lipinski definition) is 1. The minimum atomic E-state index is -0.322. The molecular weight excluding hydrogens is 362 g/mol. The number of fused-ring (bicyclic) bond motifs is 1. The second-order valence-electron chi connectivity index (χ2n) is 6.92. The zero-order valence-corrected chi connectivity index (χ0v) is 16.1. The highest BCUT2D eigenvalue weighted by atomic mass is 16.2. The van der Waals surface area contributed by atoms with E-state index in [0.717, 1.165) is 16.8 Å². The molecule has 29 heavy (non-hydrogen) atoms. The Morgan fingerprint density at radius 3 is 2.14 bits per heavy atom. The van der Waals surface area contributed by atoms with Crippen LogP contribution >= 0.6 is 0 Å². The molecule has 0 saturated carbocycles. The molecule has 1 N–H and O–H groups in total. The van der Waals surface area contributed by atoms with Crippen LogP contribution in [0.4, 0.5) is 5.69 Å². The number of hydrogen-bond acceptors (Lipinski definition) is 4. The molecule has 0 aliphatic carbocycles. The normalized spacial score (nSPS) is 14.6. The topological polar surface area (TPSA) is 70.9 Å². The van der Waals surface area contributed by atoms with Crippen LogP contribution < -0.4 is 5.32 Å². The first-order valence-electron chi connectivity index (χ1n) is 9.28. The first kappa shape index (κ1) is 18.5. The van der Waals surface area contributed by atoms with Crippen LogP contribution in [0.15, 0.2) is 83.0 Å². The van der Waals surface area contributed by atoms with Gasteiger partial charge in [0.15, 0.2) is 5.71 Å². The summed E-state index contributed by atoms with van der Waals surface area (Å²) in [5.74, 6) is -0.572. The van der Waals surface area contributed by atoms with E-state index in [1.54, 1.807) is 36.4 Å². The number of benzene rings is 3. The lowest BCUT2D eigenvalue weighted by molar-refractivity contribution is -0.110. The molecule has 0 aromatic heterocycles. The molecule has 1 heterocycles. The number of Topliss-reactive ketones (excluding diaryl/α,β-unsaturated/α-hetero) is 1. The van der Waals surface area contributed by atoms with Gasteiger partial charge in [-0.3, -0.25) is 9.59 Å². The van der Waals surface area contributed by atoms with Crippen LogP contribution in [-0.2, 0) is 4.79 Å². The van der Waals surface area contributed by atoms with Crippen molar-refractivity contribution in [2.75, 3.05) is 5.32 Å². The summed E-state index contributed by atoms with van der Waals surface area (Å²) in [7, 11) is 0. The van der Waals surface area contributed by atoms with E-state index in [0.29, 0.717) is 16.7 Å². The number of ketones is 1. The minimum Gasteiger partial charge on any atom is -0.320 e. The van der Waals surface area contributed by atoms with Gasteiger partial charge in [0.05, 0.1) is 5.69 Å². The van der Waals surface area contributed by atoms with Crippen molar-refractivity contribution in [1.29, 1.82) is 0 Å². The van der Waals surface area contributed by atoms with Crippen molar-refractivity contribution in [1.82, 2.24) is 0 Å². The highest BCUT2D eigenvalue weighted by Gasteiger charge is 2.28. The first-order valence-corrected chi connectivity index (χ1v) is 9.28. The Hall–Kier alpha value is -3.86. The summed E-state index contributed by atoms with van der Waals surface area (Å²) in [6.07, 6.45) is 0.